The van der Waals surface area contributed by atoms with Crippen molar-refractivity contribution >= 4 is 28.7 Å². The van der Waals surface area contributed by atoms with Gasteiger partial charge in [-0.2, -0.15) is 0 Å². The summed E-state index contributed by atoms with van der Waals surface area (Å²) in [5, 5.41) is 3.34. The van der Waals surface area contributed by atoms with Gasteiger partial charge in [-0.3, -0.25) is 0 Å². The van der Waals surface area contributed by atoms with Gasteiger partial charge in [0.05, 0.1) is 24.5 Å². The van der Waals surface area contributed by atoms with E-state index in [1.807, 2.05) is 0 Å². The van der Waals surface area contributed by atoms with Gasteiger partial charge in [0.2, 0.25) is 0 Å². The quantitative estimate of drug-likeness (QED) is 0.529. The van der Waals surface area contributed by atoms with E-state index in [2.05, 4.69) is 116 Å². The summed E-state index contributed by atoms with van der Waals surface area (Å²) in [5.41, 5.74) is 11.5. The number of benzene rings is 3. The first-order valence-corrected chi connectivity index (χ1v) is 13.1. The summed E-state index contributed by atoms with van der Waals surface area (Å²) in [6.45, 7) is 6.26. The Morgan fingerprint density at radius 3 is 2.29 bits per heavy atom. The highest BCUT2D eigenvalue weighted by molar-refractivity contribution is 8.16. The Hall–Kier alpha value is -3.34. The number of aryl methyl sites for hydroxylation is 2. The highest BCUT2D eigenvalue weighted by Crippen LogP contribution is 2.47. The van der Waals surface area contributed by atoms with E-state index in [0.29, 0.717) is 0 Å². The molecular formula is C31H30N3S+. The normalized spacial score (nSPS) is 22.6. The number of quaternary nitrogens is 1. The molecule has 1 unspecified atom stereocenters. The van der Waals surface area contributed by atoms with Crippen LogP contribution in [0.15, 0.2) is 106 Å². The number of nitrogens with one attached hydrogen (secondary N) is 1. The predicted molar refractivity (Wildman–Crippen MR) is 148 cm³/mol. The van der Waals surface area contributed by atoms with Crippen molar-refractivity contribution in [3.63, 3.8) is 0 Å². The zero-order valence-electron chi connectivity index (χ0n) is 20.5. The fourth-order valence-corrected chi connectivity index (χ4v) is 6.19. The molecule has 3 aliphatic rings. The number of rotatable bonds is 3. The van der Waals surface area contributed by atoms with Crippen LogP contribution in [0.5, 0.6) is 0 Å². The average molecular weight is 477 g/mol. The number of aliphatic imine (C=N–C) groups is 1. The molecule has 0 spiro atoms. The lowest BCUT2D eigenvalue weighted by molar-refractivity contribution is -0.871. The van der Waals surface area contributed by atoms with Crippen molar-refractivity contribution in [2.24, 2.45) is 4.99 Å². The molecule has 0 aromatic heterocycles. The van der Waals surface area contributed by atoms with Crippen LogP contribution < -0.4 is 4.90 Å². The topological polar surface area (TPSA) is 20.0 Å². The summed E-state index contributed by atoms with van der Waals surface area (Å²) in [6, 6.07) is 28.7. The van der Waals surface area contributed by atoms with E-state index in [1.165, 1.54) is 55.3 Å². The second kappa shape index (κ2) is 9.03. The first-order chi connectivity index (χ1) is 17.1. The SMILES string of the molecule is Cc1ccc(/C=C2\C[NH+](C)CC3=C2N=C2SC=C(c4ccccc4)N2[C@@H]3c2ccc(C)cc2)cc1. The van der Waals surface area contributed by atoms with Crippen LogP contribution in [0.1, 0.15) is 33.9 Å². The van der Waals surface area contributed by atoms with Crippen LogP contribution in [0.25, 0.3) is 11.8 Å². The molecule has 1 N–H and O–H groups in total. The average Bonchev–Trinajstić information content (AvgIpc) is 3.29. The van der Waals surface area contributed by atoms with E-state index in [0.717, 1.165) is 18.3 Å². The minimum Gasteiger partial charge on any atom is -0.330 e. The monoisotopic (exact) mass is 476 g/mol. The van der Waals surface area contributed by atoms with Gasteiger partial charge >= 0.3 is 0 Å². The maximum absolute atomic E-state index is 5.32. The Morgan fingerprint density at radius 2 is 1.57 bits per heavy atom. The Labute approximate surface area is 212 Å². The molecule has 3 heterocycles. The van der Waals surface area contributed by atoms with Crippen molar-refractivity contribution in [2.45, 2.75) is 19.9 Å². The number of thioether (sulfide) groups is 1. The Morgan fingerprint density at radius 1 is 0.886 bits per heavy atom. The maximum atomic E-state index is 5.32. The molecule has 3 aliphatic heterocycles. The summed E-state index contributed by atoms with van der Waals surface area (Å²) in [7, 11) is 2.30. The predicted octanol–water partition coefficient (Wildman–Crippen LogP) is 5.63. The lowest BCUT2D eigenvalue weighted by atomic mass is 9.87. The first kappa shape index (κ1) is 22.1. The molecule has 4 heteroatoms. The van der Waals surface area contributed by atoms with Gasteiger partial charge in [0.1, 0.15) is 13.1 Å². The summed E-state index contributed by atoms with van der Waals surface area (Å²) in [4.78, 5) is 9.28. The van der Waals surface area contributed by atoms with Crippen LogP contribution in [0.2, 0.25) is 0 Å². The summed E-state index contributed by atoms with van der Waals surface area (Å²) in [6.07, 6.45) is 2.34. The zero-order valence-corrected chi connectivity index (χ0v) is 21.3. The fraction of sp³-hybridized carbons (Fsp3) is 0.194. The first-order valence-electron chi connectivity index (χ1n) is 12.3. The molecule has 3 nitrogen and oxygen atoms in total. The molecule has 35 heavy (non-hydrogen) atoms. The molecule has 2 atom stereocenters. The zero-order chi connectivity index (χ0) is 23.9. The number of nitrogens with zero attached hydrogens (tertiary/aromatic N) is 2. The lowest BCUT2D eigenvalue weighted by Gasteiger charge is -2.40. The minimum atomic E-state index is 0.135. The highest BCUT2D eigenvalue weighted by Gasteiger charge is 2.42. The van der Waals surface area contributed by atoms with E-state index < -0.39 is 0 Å². The molecule has 6 rings (SSSR count). The second-order valence-electron chi connectivity index (χ2n) is 9.83. The lowest BCUT2D eigenvalue weighted by Crippen LogP contribution is -3.10. The van der Waals surface area contributed by atoms with E-state index in [-0.39, 0.29) is 6.04 Å². The third-order valence-corrected chi connectivity index (χ3v) is 7.85. The standard InChI is InChI=1S/C31H29N3S/c1-21-9-13-23(14-10-21)17-26-18-33(3)19-27-29(26)32-31-34(30(27)25-15-11-22(2)12-16-25)28(20-35-31)24-7-5-4-6-8-24/h4-17,20,30H,18-19H2,1-3H3/p+1/b26-17+/t30-/m1/s1. The molecule has 0 fully saturated rings. The maximum Gasteiger partial charge on any atom is 0.174 e. The van der Waals surface area contributed by atoms with Gasteiger partial charge in [0.25, 0.3) is 0 Å². The Balaban J connectivity index is 1.51. The summed E-state index contributed by atoms with van der Waals surface area (Å²) < 4.78 is 0. The fourth-order valence-electron chi connectivity index (χ4n) is 5.26. The molecule has 0 bridgehead atoms. The molecule has 3 aromatic carbocycles. The molecule has 0 radical (unpaired) electrons. The van der Waals surface area contributed by atoms with E-state index in [1.54, 1.807) is 11.8 Å². The van der Waals surface area contributed by atoms with E-state index in [4.69, 9.17) is 4.99 Å². The van der Waals surface area contributed by atoms with Crippen LogP contribution in [-0.4, -0.2) is 30.2 Å². The number of fused-ring (bicyclic) bond motifs is 1. The van der Waals surface area contributed by atoms with Crippen LogP contribution in [0.4, 0.5) is 0 Å². The Kier molecular flexibility index (Phi) is 5.71. The largest absolute Gasteiger partial charge is 0.330 e. The van der Waals surface area contributed by atoms with E-state index >= 15 is 0 Å². The smallest absolute Gasteiger partial charge is 0.174 e. The van der Waals surface area contributed by atoms with Crippen molar-refractivity contribution in [1.29, 1.82) is 0 Å². The van der Waals surface area contributed by atoms with Crippen molar-refractivity contribution in [3.8, 4) is 0 Å². The molecule has 174 valence electrons. The van der Waals surface area contributed by atoms with Crippen molar-refractivity contribution < 1.29 is 4.90 Å². The van der Waals surface area contributed by atoms with E-state index in [9.17, 15) is 0 Å². The molecular weight excluding hydrogens is 446 g/mol. The van der Waals surface area contributed by atoms with Crippen LogP contribution >= 0.6 is 11.8 Å². The van der Waals surface area contributed by atoms with Gasteiger partial charge in [-0.05, 0) is 36.6 Å². The Bertz CT molecular complexity index is 1380. The van der Waals surface area contributed by atoms with Crippen LogP contribution in [-0.2, 0) is 0 Å². The molecule has 3 aromatic rings. The van der Waals surface area contributed by atoms with Gasteiger partial charge in [-0.25, -0.2) is 4.99 Å². The van der Waals surface area contributed by atoms with Gasteiger partial charge in [0, 0.05) is 16.6 Å². The van der Waals surface area contributed by atoms with Gasteiger partial charge < -0.3 is 9.80 Å². The molecule has 0 aliphatic carbocycles. The minimum absolute atomic E-state index is 0.135. The highest BCUT2D eigenvalue weighted by atomic mass is 32.2. The number of likely N-dealkylation sites (N-methyl/N-ethyl adjacent to an activating group) is 1. The second-order valence-corrected chi connectivity index (χ2v) is 10.7. The number of hydrogen-bond acceptors (Lipinski definition) is 3. The summed E-state index contributed by atoms with van der Waals surface area (Å²) in [5.74, 6) is 0. The van der Waals surface area contributed by atoms with Crippen LogP contribution in [0, 0.1) is 13.8 Å². The van der Waals surface area contributed by atoms with Crippen molar-refractivity contribution in [2.75, 3.05) is 20.1 Å². The van der Waals surface area contributed by atoms with Gasteiger partial charge in [0.15, 0.2) is 5.17 Å². The third kappa shape index (κ3) is 4.18. The third-order valence-electron chi connectivity index (χ3n) is 7.01. The van der Waals surface area contributed by atoms with Gasteiger partial charge in [-0.1, -0.05) is 102 Å². The van der Waals surface area contributed by atoms with Crippen molar-refractivity contribution in [3.05, 3.63) is 129 Å². The molecule has 0 amide bonds. The number of amidine groups is 1. The van der Waals surface area contributed by atoms with Crippen molar-refractivity contribution in [1.82, 2.24) is 4.90 Å². The number of hydrogen-bond donors (Lipinski definition) is 1. The van der Waals surface area contributed by atoms with Crippen LogP contribution in [0.3, 0.4) is 0 Å². The molecule has 0 saturated heterocycles. The summed E-state index contributed by atoms with van der Waals surface area (Å²) >= 11 is 1.74. The molecule has 0 saturated carbocycles. The van der Waals surface area contributed by atoms with Gasteiger partial charge in [-0.15, -0.1) is 0 Å².